The molecule has 0 aromatic heterocycles. The molecular weight excluding hydrogens is 701 g/mol. The minimum atomic E-state index is 1.11. The number of hydrogen-bond donors (Lipinski definition) is 0. The van der Waals surface area contributed by atoms with Crippen LogP contribution in [0.25, 0.3) is 65.0 Å². The third-order valence-electron chi connectivity index (χ3n) is 11.5. The molecule has 0 unspecified atom stereocenters. The van der Waals surface area contributed by atoms with E-state index in [1.165, 1.54) is 65.0 Å². The summed E-state index contributed by atoms with van der Waals surface area (Å²) in [6.45, 7) is 0. The van der Waals surface area contributed by atoms with Crippen molar-refractivity contribution in [2.45, 2.75) is 0 Å². The van der Waals surface area contributed by atoms with E-state index in [0.29, 0.717) is 0 Å². The molecule has 0 spiro atoms. The topological polar surface area (TPSA) is 6.48 Å². The van der Waals surface area contributed by atoms with E-state index in [4.69, 9.17) is 0 Å². The van der Waals surface area contributed by atoms with Gasteiger partial charge in [0.15, 0.2) is 0 Å². The molecule has 0 saturated carbocycles. The van der Waals surface area contributed by atoms with Gasteiger partial charge in [0.1, 0.15) is 0 Å². The minimum Gasteiger partial charge on any atom is -0.310 e. The summed E-state index contributed by atoms with van der Waals surface area (Å²) in [7, 11) is 0. The van der Waals surface area contributed by atoms with Gasteiger partial charge in [-0.15, -0.1) is 0 Å². The normalized spacial score (nSPS) is 11.4. The van der Waals surface area contributed by atoms with Crippen molar-refractivity contribution in [3.63, 3.8) is 0 Å². The Morgan fingerprint density at radius 3 is 1.09 bits per heavy atom. The molecule has 2 heteroatoms. The summed E-state index contributed by atoms with van der Waals surface area (Å²) >= 11 is 0. The highest BCUT2D eigenvalue weighted by Crippen LogP contribution is 2.43. The molecule has 0 aliphatic carbocycles. The van der Waals surface area contributed by atoms with Crippen LogP contribution >= 0.6 is 0 Å². The smallest absolute Gasteiger partial charge is 0.0540 e. The highest BCUT2D eigenvalue weighted by molar-refractivity contribution is 6.03. The fourth-order valence-electron chi connectivity index (χ4n) is 8.65. The van der Waals surface area contributed by atoms with Crippen LogP contribution in [-0.2, 0) is 0 Å². The Balaban J connectivity index is 0.976. The Morgan fingerprint density at radius 1 is 0.207 bits per heavy atom. The molecule has 272 valence electrons. The SMILES string of the molecule is c1ccc2cc(N(c3ccc(-c4ccc5cc(N(c6ccc7ccccc7c6)c6cccc7ccccc67)ccc5c4)cc3)c3cccc4ccccc34)ccc2c1. The molecule has 0 saturated heterocycles. The molecule has 0 aliphatic heterocycles. The third kappa shape index (κ3) is 6.00. The maximum absolute atomic E-state index is 2.40. The number of fused-ring (bicyclic) bond motifs is 5. The van der Waals surface area contributed by atoms with Crippen molar-refractivity contribution in [2.75, 3.05) is 9.80 Å². The maximum Gasteiger partial charge on any atom is 0.0540 e. The van der Waals surface area contributed by atoms with Crippen molar-refractivity contribution in [3.8, 4) is 11.1 Å². The Hall–Kier alpha value is -7.68. The second-order valence-electron chi connectivity index (χ2n) is 15.0. The number of hydrogen-bond acceptors (Lipinski definition) is 2. The predicted octanol–water partition coefficient (Wildman–Crippen LogP) is 16.1. The predicted molar refractivity (Wildman–Crippen MR) is 249 cm³/mol. The number of benzene rings is 11. The molecule has 11 aromatic carbocycles. The van der Waals surface area contributed by atoms with E-state index in [2.05, 4.69) is 240 Å². The lowest BCUT2D eigenvalue weighted by atomic mass is 9.99. The molecule has 0 radical (unpaired) electrons. The molecule has 0 heterocycles. The summed E-state index contributed by atoms with van der Waals surface area (Å²) in [6.07, 6.45) is 0. The summed E-state index contributed by atoms with van der Waals surface area (Å²) in [4.78, 5) is 4.79. The zero-order valence-electron chi connectivity index (χ0n) is 31.8. The van der Waals surface area contributed by atoms with Crippen LogP contribution in [0.1, 0.15) is 0 Å². The lowest BCUT2D eigenvalue weighted by Gasteiger charge is -2.27. The van der Waals surface area contributed by atoms with Gasteiger partial charge in [-0.05, 0) is 121 Å². The fourth-order valence-corrected chi connectivity index (χ4v) is 8.65. The molecule has 0 aliphatic rings. The molecule has 0 fully saturated rings. The van der Waals surface area contributed by atoms with Crippen LogP contribution in [0.4, 0.5) is 34.1 Å². The van der Waals surface area contributed by atoms with Gasteiger partial charge in [0.25, 0.3) is 0 Å². The quantitative estimate of drug-likeness (QED) is 0.161. The Kier molecular flexibility index (Phi) is 8.19. The van der Waals surface area contributed by atoms with Crippen molar-refractivity contribution in [3.05, 3.63) is 231 Å². The summed E-state index contributed by atoms with van der Waals surface area (Å²) in [5.41, 5.74) is 9.18. The molecule has 2 nitrogen and oxygen atoms in total. The van der Waals surface area contributed by atoms with Gasteiger partial charge in [-0.2, -0.15) is 0 Å². The second-order valence-corrected chi connectivity index (χ2v) is 15.0. The van der Waals surface area contributed by atoms with Crippen LogP contribution in [0.2, 0.25) is 0 Å². The van der Waals surface area contributed by atoms with E-state index in [-0.39, 0.29) is 0 Å². The molecule has 11 rings (SSSR count). The summed E-state index contributed by atoms with van der Waals surface area (Å²) in [5.74, 6) is 0. The van der Waals surface area contributed by atoms with E-state index in [0.717, 1.165) is 34.1 Å². The van der Waals surface area contributed by atoms with Crippen molar-refractivity contribution in [1.29, 1.82) is 0 Å². The first-order valence-corrected chi connectivity index (χ1v) is 19.9. The van der Waals surface area contributed by atoms with Crippen LogP contribution in [0.5, 0.6) is 0 Å². The summed E-state index contributed by atoms with van der Waals surface area (Å²) in [6, 6.07) is 83.8. The fraction of sp³-hybridized carbons (Fsp3) is 0. The average Bonchev–Trinajstić information content (AvgIpc) is 3.29. The monoisotopic (exact) mass is 738 g/mol. The van der Waals surface area contributed by atoms with Crippen LogP contribution in [0.15, 0.2) is 231 Å². The van der Waals surface area contributed by atoms with Crippen LogP contribution in [0, 0.1) is 0 Å². The Bertz CT molecular complexity index is 3300. The van der Waals surface area contributed by atoms with Crippen molar-refractivity contribution in [1.82, 2.24) is 0 Å². The lowest BCUT2D eigenvalue weighted by Crippen LogP contribution is -2.10. The van der Waals surface area contributed by atoms with Gasteiger partial charge in [0.05, 0.1) is 11.4 Å². The van der Waals surface area contributed by atoms with Gasteiger partial charge in [0, 0.05) is 33.5 Å². The van der Waals surface area contributed by atoms with E-state index in [9.17, 15) is 0 Å². The van der Waals surface area contributed by atoms with Gasteiger partial charge in [-0.25, -0.2) is 0 Å². The molecule has 11 aromatic rings. The van der Waals surface area contributed by atoms with E-state index in [1.54, 1.807) is 0 Å². The standard InChI is InChI=1S/C56H38N2/c1-3-15-44-36-50(32-27-39(44)11-1)57(55-21-9-17-42-13-5-7-19-53(42)55)49-30-25-41(26-31-49)46-23-24-48-38-52(34-29-47(48)35-46)58(51-33-28-40-12-2-4-16-45(40)37-51)56-22-10-18-43-14-6-8-20-54(43)56/h1-38H. The summed E-state index contributed by atoms with van der Waals surface area (Å²) in [5, 5.41) is 12.2. The molecule has 58 heavy (non-hydrogen) atoms. The van der Waals surface area contributed by atoms with Crippen molar-refractivity contribution >= 4 is 88.0 Å². The first kappa shape index (κ1) is 33.6. The molecular formula is C56H38N2. The van der Waals surface area contributed by atoms with Crippen LogP contribution < -0.4 is 9.80 Å². The zero-order chi connectivity index (χ0) is 38.4. The molecule has 0 N–H and O–H groups in total. The first-order valence-electron chi connectivity index (χ1n) is 19.9. The largest absolute Gasteiger partial charge is 0.310 e. The third-order valence-corrected chi connectivity index (χ3v) is 11.5. The van der Waals surface area contributed by atoms with Crippen LogP contribution in [0.3, 0.4) is 0 Å². The van der Waals surface area contributed by atoms with Gasteiger partial charge < -0.3 is 9.80 Å². The van der Waals surface area contributed by atoms with Crippen molar-refractivity contribution in [2.24, 2.45) is 0 Å². The maximum atomic E-state index is 2.40. The molecule has 0 amide bonds. The number of anilines is 6. The van der Waals surface area contributed by atoms with Gasteiger partial charge in [-0.1, -0.05) is 164 Å². The zero-order valence-corrected chi connectivity index (χ0v) is 31.8. The van der Waals surface area contributed by atoms with E-state index < -0.39 is 0 Å². The first-order chi connectivity index (χ1) is 28.7. The second kappa shape index (κ2) is 14.1. The van der Waals surface area contributed by atoms with E-state index in [1.807, 2.05) is 0 Å². The minimum absolute atomic E-state index is 1.11. The average molecular weight is 739 g/mol. The highest BCUT2D eigenvalue weighted by atomic mass is 15.1. The van der Waals surface area contributed by atoms with Crippen molar-refractivity contribution < 1.29 is 0 Å². The molecule has 0 atom stereocenters. The highest BCUT2D eigenvalue weighted by Gasteiger charge is 2.18. The summed E-state index contributed by atoms with van der Waals surface area (Å²) < 4.78 is 0. The lowest BCUT2D eigenvalue weighted by molar-refractivity contribution is 1.30. The molecule has 0 bridgehead atoms. The van der Waals surface area contributed by atoms with Crippen LogP contribution in [-0.4, -0.2) is 0 Å². The van der Waals surface area contributed by atoms with Gasteiger partial charge in [-0.3, -0.25) is 0 Å². The Labute approximate surface area is 338 Å². The van der Waals surface area contributed by atoms with E-state index >= 15 is 0 Å². The number of nitrogens with zero attached hydrogens (tertiary/aromatic N) is 2. The van der Waals surface area contributed by atoms with Gasteiger partial charge >= 0.3 is 0 Å². The number of rotatable bonds is 7. The Morgan fingerprint density at radius 2 is 0.552 bits per heavy atom. The van der Waals surface area contributed by atoms with Gasteiger partial charge in [0.2, 0.25) is 0 Å².